The van der Waals surface area contributed by atoms with E-state index in [1.807, 2.05) is 27.2 Å². The number of aliphatic hydroxyl groups excluding tert-OH is 1. The number of carbonyl (C=O) groups excluding carboxylic acids is 1. The highest BCUT2D eigenvalue weighted by molar-refractivity contribution is 7.45. The van der Waals surface area contributed by atoms with E-state index >= 15 is 0 Å². The van der Waals surface area contributed by atoms with Gasteiger partial charge in [-0.1, -0.05) is 390 Å². The van der Waals surface area contributed by atoms with Crippen LogP contribution in [0.4, 0.5) is 0 Å². The van der Waals surface area contributed by atoms with E-state index < -0.39 is 20.0 Å². The lowest BCUT2D eigenvalue weighted by molar-refractivity contribution is -0.870. The third-order valence-corrected chi connectivity index (χ3v) is 19.2. The van der Waals surface area contributed by atoms with Crippen LogP contribution in [0, 0.1) is 0 Å². The van der Waals surface area contributed by atoms with Crippen molar-refractivity contribution >= 4 is 13.7 Å². The minimum absolute atomic E-state index is 0.000625. The molecule has 3 atom stereocenters. The van der Waals surface area contributed by atoms with Gasteiger partial charge < -0.3 is 28.8 Å². The summed E-state index contributed by atoms with van der Waals surface area (Å²) < 4.78 is 23.5. The van der Waals surface area contributed by atoms with Gasteiger partial charge in [-0.2, -0.15) is 0 Å². The molecule has 0 fully saturated rings. The molecule has 0 rings (SSSR count). The largest absolute Gasteiger partial charge is 0.756 e. The molecule has 89 heavy (non-hydrogen) atoms. The number of quaternary nitrogens is 1. The molecule has 0 saturated heterocycles. The van der Waals surface area contributed by atoms with Crippen LogP contribution < -0.4 is 10.2 Å². The van der Waals surface area contributed by atoms with Crippen LogP contribution in [0.5, 0.6) is 0 Å². The van der Waals surface area contributed by atoms with Crippen LogP contribution in [0.1, 0.15) is 406 Å². The third-order valence-electron chi connectivity index (χ3n) is 18.3. The Labute approximate surface area is 556 Å². The topological polar surface area (TPSA) is 108 Å². The molecule has 0 saturated carbocycles. The fourth-order valence-corrected chi connectivity index (χ4v) is 12.9. The van der Waals surface area contributed by atoms with Gasteiger partial charge in [0.2, 0.25) is 5.91 Å². The van der Waals surface area contributed by atoms with Crippen LogP contribution >= 0.6 is 7.82 Å². The molecular weight excluding hydrogens is 1120 g/mol. The molecule has 0 aromatic carbocycles. The smallest absolute Gasteiger partial charge is 0.268 e. The lowest BCUT2D eigenvalue weighted by Gasteiger charge is -2.29. The average molecular weight is 1270 g/mol. The zero-order valence-corrected chi connectivity index (χ0v) is 61.3. The van der Waals surface area contributed by atoms with Gasteiger partial charge in [0.25, 0.3) is 7.82 Å². The third kappa shape index (κ3) is 73.7. The van der Waals surface area contributed by atoms with Gasteiger partial charge in [-0.05, 0) is 57.8 Å². The molecule has 0 aliphatic heterocycles. The minimum atomic E-state index is -4.61. The molecule has 3 unspecified atom stereocenters. The lowest BCUT2D eigenvalue weighted by atomic mass is 10.0. The van der Waals surface area contributed by atoms with Crippen molar-refractivity contribution in [3.63, 3.8) is 0 Å². The Hall–Kier alpha value is -1.54. The Morgan fingerprint density at radius 1 is 0.393 bits per heavy atom. The molecule has 0 aromatic heterocycles. The first-order chi connectivity index (χ1) is 43.5. The van der Waals surface area contributed by atoms with Crippen LogP contribution in [0.3, 0.4) is 0 Å². The van der Waals surface area contributed by atoms with Gasteiger partial charge in [-0.3, -0.25) is 9.36 Å². The Bertz CT molecular complexity index is 1590. The number of hydrogen-bond donors (Lipinski definition) is 2. The number of allylic oxidation sites excluding steroid dienone is 7. The molecule has 8 nitrogen and oxygen atoms in total. The maximum atomic E-state index is 13.1. The number of phosphoric ester groups is 1. The Morgan fingerprint density at radius 3 is 0.944 bits per heavy atom. The molecule has 0 radical (unpaired) electrons. The summed E-state index contributed by atoms with van der Waals surface area (Å²) in [6.45, 7) is 4.70. The van der Waals surface area contributed by atoms with E-state index in [2.05, 4.69) is 55.6 Å². The molecule has 0 heterocycles. The first kappa shape index (κ1) is 87.5. The molecule has 0 aromatic rings. The molecule has 2 N–H and O–H groups in total. The van der Waals surface area contributed by atoms with E-state index in [4.69, 9.17) is 9.05 Å². The number of aliphatic hydroxyl groups is 1. The highest BCUT2D eigenvalue weighted by Crippen LogP contribution is 2.38. The van der Waals surface area contributed by atoms with E-state index in [-0.39, 0.29) is 19.1 Å². The normalized spacial score (nSPS) is 13.7. The Kier molecular flexibility index (Phi) is 69.5. The van der Waals surface area contributed by atoms with Gasteiger partial charge in [0.1, 0.15) is 13.2 Å². The molecule has 0 aliphatic carbocycles. The van der Waals surface area contributed by atoms with E-state index in [0.717, 1.165) is 51.4 Å². The number of likely N-dealkylation sites (N-methyl/N-ethyl adjacent to an activating group) is 1. The van der Waals surface area contributed by atoms with Crippen LogP contribution in [-0.4, -0.2) is 68.5 Å². The number of amides is 1. The van der Waals surface area contributed by atoms with Crippen molar-refractivity contribution in [1.82, 2.24) is 5.32 Å². The van der Waals surface area contributed by atoms with Gasteiger partial charge in [0, 0.05) is 6.42 Å². The second kappa shape index (κ2) is 70.8. The van der Waals surface area contributed by atoms with Crippen molar-refractivity contribution in [1.29, 1.82) is 0 Å². The highest BCUT2D eigenvalue weighted by atomic mass is 31.2. The number of rotatable bonds is 74. The number of phosphoric acid groups is 1. The predicted molar refractivity (Wildman–Crippen MR) is 390 cm³/mol. The molecule has 0 spiro atoms. The summed E-state index contributed by atoms with van der Waals surface area (Å²) in [7, 11) is 1.28. The average Bonchev–Trinajstić information content (AvgIpc) is 3.64. The number of unbranched alkanes of at least 4 members (excludes halogenated alkanes) is 55. The van der Waals surface area contributed by atoms with Crippen molar-refractivity contribution in [2.24, 2.45) is 0 Å². The summed E-state index contributed by atoms with van der Waals surface area (Å²) in [6.07, 6.45) is 97.0. The lowest BCUT2D eigenvalue weighted by Crippen LogP contribution is -2.45. The van der Waals surface area contributed by atoms with E-state index in [9.17, 15) is 19.4 Å². The Balaban J connectivity index is 3.97. The molecule has 0 aliphatic rings. The van der Waals surface area contributed by atoms with Gasteiger partial charge >= 0.3 is 0 Å². The van der Waals surface area contributed by atoms with Crippen molar-refractivity contribution in [3.8, 4) is 0 Å². The van der Waals surface area contributed by atoms with Crippen LogP contribution in [-0.2, 0) is 18.4 Å². The number of hydrogen-bond acceptors (Lipinski definition) is 6. The summed E-state index contributed by atoms with van der Waals surface area (Å²) in [6, 6.07) is -0.888. The first-order valence-corrected chi connectivity index (χ1v) is 41.0. The first-order valence-electron chi connectivity index (χ1n) is 39.5. The quantitative estimate of drug-likeness (QED) is 0.0272. The fourth-order valence-electron chi connectivity index (χ4n) is 12.2. The van der Waals surface area contributed by atoms with Gasteiger partial charge in [-0.25, -0.2) is 0 Å². The standard InChI is InChI=1S/C80H155N2O6P/c1-6-8-10-12-14-16-18-20-22-24-26-28-30-32-34-36-38-40-41-42-44-46-48-50-52-54-56-58-60-62-64-66-68-70-72-74-80(84)81-78(77-88-89(85,86)87-76-75-82(3,4)5)79(83)73-71-69-67-65-63-61-59-57-55-53-51-49-47-45-43-39-37-35-33-31-29-27-25-23-21-19-17-15-13-11-9-7-2/h18,20,24,26,30,32,71,73,78-79,83H,6-17,19,21-23,25,27-29,31,33-70,72,74-77H2,1-5H3,(H-,81,84,85,86)/b20-18-,26-24-,32-30-,73-71+. The van der Waals surface area contributed by atoms with Gasteiger partial charge in [-0.15, -0.1) is 0 Å². The van der Waals surface area contributed by atoms with Crippen molar-refractivity contribution < 1.29 is 32.9 Å². The van der Waals surface area contributed by atoms with Gasteiger partial charge in [0.15, 0.2) is 0 Å². The molecular formula is C80H155N2O6P. The van der Waals surface area contributed by atoms with Crippen molar-refractivity contribution in [3.05, 3.63) is 48.6 Å². The van der Waals surface area contributed by atoms with Crippen molar-refractivity contribution in [2.45, 2.75) is 418 Å². The molecule has 1 amide bonds. The van der Waals surface area contributed by atoms with E-state index in [1.54, 1.807) is 6.08 Å². The van der Waals surface area contributed by atoms with Crippen LogP contribution in [0.15, 0.2) is 48.6 Å². The summed E-state index contributed by atoms with van der Waals surface area (Å²) in [5.74, 6) is -0.189. The van der Waals surface area contributed by atoms with Crippen LogP contribution in [0.2, 0.25) is 0 Å². The Morgan fingerprint density at radius 2 is 0.652 bits per heavy atom. The highest BCUT2D eigenvalue weighted by Gasteiger charge is 2.23. The summed E-state index contributed by atoms with van der Waals surface area (Å²) >= 11 is 0. The monoisotopic (exact) mass is 1270 g/mol. The second-order valence-corrected chi connectivity index (χ2v) is 29.8. The maximum absolute atomic E-state index is 13.1. The predicted octanol–water partition coefficient (Wildman–Crippen LogP) is 25.1. The summed E-state index contributed by atoms with van der Waals surface area (Å²) in [5.41, 5.74) is 0. The fraction of sp³-hybridized carbons (Fsp3) is 0.887. The second-order valence-electron chi connectivity index (χ2n) is 28.4. The summed E-state index contributed by atoms with van der Waals surface area (Å²) in [5, 5.41) is 14.0. The molecule has 0 bridgehead atoms. The van der Waals surface area contributed by atoms with Crippen molar-refractivity contribution in [2.75, 3.05) is 40.9 Å². The molecule has 526 valence electrons. The SMILES string of the molecule is CCCCCCC/C=C\C/C=C\C/C=C\CCCCCCCCCCCCCCCCCCCCCCC(=O)NC(COP(=O)([O-])OCC[N+](C)(C)C)C(O)/C=C/CCCCCCCCCCCCCCCCCCCCCCCCCCCCCCCC. The zero-order chi connectivity index (χ0) is 64.8. The summed E-state index contributed by atoms with van der Waals surface area (Å²) in [4.78, 5) is 25.7. The molecule has 9 heteroatoms. The maximum Gasteiger partial charge on any atom is 0.268 e. The number of nitrogens with one attached hydrogen (secondary N) is 1. The minimum Gasteiger partial charge on any atom is -0.756 e. The van der Waals surface area contributed by atoms with E-state index in [1.165, 1.54) is 334 Å². The van der Waals surface area contributed by atoms with Gasteiger partial charge in [0.05, 0.1) is 39.9 Å². The number of carbonyl (C=O) groups is 1. The zero-order valence-electron chi connectivity index (χ0n) is 60.4. The number of nitrogens with zero attached hydrogens (tertiary/aromatic N) is 1. The van der Waals surface area contributed by atoms with Crippen LogP contribution in [0.25, 0.3) is 0 Å². The van der Waals surface area contributed by atoms with E-state index in [0.29, 0.717) is 17.4 Å².